The van der Waals surface area contributed by atoms with Gasteiger partial charge in [0.15, 0.2) is 0 Å². The molecule has 2 N–H and O–H groups in total. The average Bonchev–Trinajstić information content (AvgIpc) is 2.57. The van der Waals surface area contributed by atoms with Crippen LogP contribution < -0.4 is 10.6 Å². The van der Waals surface area contributed by atoms with Gasteiger partial charge in [-0.15, -0.1) is 0 Å². The van der Waals surface area contributed by atoms with E-state index in [1.54, 1.807) is 0 Å². The summed E-state index contributed by atoms with van der Waals surface area (Å²) in [6.07, 6.45) is 5.22. The van der Waals surface area contributed by atoms with Crippen LogP contribution in [-0.2, 0) is 0 Å². The molecular weight excluding hydrogens is 232 g/mol. The molecule has 1 fully saturated rings. The number of halogens is 1. The molecule has 0 aromatic heterocycles. The second-order valence-corrected chi connectivity index (χ2v) is 5.31. The van der Waals surface area contributed by atoms with Gasteiger partial charge in [-0.2, -0.15) is 0 Å². The Morgan fingerprint density at radius 1 is 1.18 bits per heavy atom. The van der Waals surface area contributed by atoms with Crippen LogP contribution in [0.1, 0.15) is 44.2 Å². The highest BCUT2D eigenvalue weighted by Gasteiger charge is 2.13. The van der Waals surface area contributed by atoms with Crippen LogP contribution in [0.15, 0.2) is 18.2 Å². The lowest BCUT2D eigenvalue weighted by molar-refractivity contribution is 0.726. The smallest absolute Gasteiger partial charge is 0.0642 e. The zero-order chi connectivity index (χ0) is 12.3. The van der Waals surface area contributed by atoms with Crippen LogP contribution in [0.3, 0.4) is 0 Å². The third-order valence-electron chi connectivity index (χ3n) is 3.44. The van der Waals surface area contributed by atoms with Crippen molar-refractivity contribution in [2.45, 2.75) is 38.6 Å². The fraction of sp³-hybridized carbons (Fsp3) is 0.571. The van der Waals surface area contributed by atoms with Crippen molar-refractivity contribution < 1.29 is 0 Å². The first-order chi connectivity index (χ1) is 8.18. The zero-order valence-electron chi connectivity index (χ0n) is 10.5. The van der Waals surface area contributed by atoms with Crippen molar-refractivity contribution in [3.63, 3.8) is 0 Å². The van der Waals surface area contributed by atoms with Gasteiger partial charge in [-0.1, -0.05) is 30.5 Å². The molecule has 2 rings (SSSR count). The monoisotopic (exact) mass is 252 g/mol. The lowest BCUT2D eigenvalue weighted by Gasteiger charge is -2.24. The van der Waals surface area contributed by atoms with Crippen molar-refractivity contribution in [1.29, 1.82) is 0 Å². The van der Waals surface area contributed by atoms with Crippen molar-refractivity contribution in [2.75, 3.05) is 18.0 Å². The van der Waals surface area contributed by atoms with Crippen molar-refractivity contribution in [3.8, 4) is 0 Å². The molecule has 0 spiro atoms. The Hall–Kier alpha value is -0.730. The van der Waals surface area contributed by atoms with Crippen LogP contribution in [-0.4, -0.2) is 13.1 Å². The SMILES string of the molecule is C[C@@H](N)c1ccc(N2CCCCCC2)c(Cl)c1. The van der Waals surface area contributed by atoms with Crippen LogP contribution in [0.2, 0.25) is 5.02 Å². The Morgan fingerprint density at radius 2 is 1.82 bits per heavy atom. The molecule has 1 aromatic rings. The van der Waals surface area contributed by atoms with Gasteiger partial charge in [-0.3, -0.25) is 0 Å². The molecule has 17 heavy (non-hydrogen) atoms. The molecule has 94 valence electrons. The van der Waals surface area contributed by atoms with E-state index in [2.05, 4.69) is 17.0 Å². The Morgan fingerprint density at radius 3 is 2.35 bits per heavy atom. The molecule has 1 heterocycles. The predicted octanol–water partition coefficient (Wildman–Crippen LogP) is 3.74. The first-order valence-corrected chi connectivity index (χ1v) is 6.86. The number of nitrogens with two attached hydrogens (primary N) is 1. The fourth-order valence-corrected chi connectivity index (χ4v) is 2.68. The maximum atomic E-state index is 6.36. The molecule has 0 unspecified atom stereocenters. The summed E-state index contributed by atoms with van der Waals surface area (Å²) in [5, 5.41) is 0.835. The largest absolute Gasteiger partial charge is 0.370 e. The van der Waals surface area contributed by atoms with E-state index in [1.807, 2.05) is 13.0 Å². The lowest BCUT2D eigenvalue weighted by atomic mass is 10.1. The van der Waals surface area contributed by atoms with E-state index in [4.69, 9.17) is 17.3 Å². The summed E-state index contributed by atoms with van der Waals surface area (Å²) in [7, 11) is 0. The number of hydrogen-bond donors (Lipinski definition) is 1. The second kappa shape index (κ2) is 5.74. The average molecular weight is 253 g/mol. The molecule has 0 radical (unpaired) electrons. The molecule has 2 nitrogen and oxygen atoms in total. The van der Waals surface area contributed by atoms with Gasteiger partial charge in [0, 0.05) is 19.1 Å². The number of nitrogens with zero attached hydrogens (tertiary/aromatic N) is 1. The van der Waals surface area contributed by atoms with E-state index in [9.17, 15) is 0 Å². The third kappa shape index (κ3) is 3.14. The van der Waals surface area contributed by atoms with E-state index in [0.717, 1.165) is 29.4 Å². The minimum Gasteiger partial charge on any atom is -0.370 e. The normalized spacial score (nSPS) is 18.9. The molecule has 1 saturated heterocycles. The summed E-state index contributed by atoms with van der Waals surface area (Å²) in [5.74, 6) is 0. The van der Waals surface area contributed by atoms with Gasteiger partial charge in [0.1, 0.15) is 0 Å². The molecule has 0 saturated carbocycles. The fourth-order valence-electron chi connectivity index (χ4n) is 2.37. The number of benzene rings is 1. The van der Waals surface area contributed by atoms with Crippen molar-refractivity contribution in [3.05, 3.63) is 28.8 Å². The molecule has 0 aliphatic carbocycles. The van der Waals surface area contributed by atoms with Crippen molar-refractivity contribution in [2.24, 2.45) is 5.73 Å². The van der Waals surface area contributed by atoms with Crippen LogP contribution in [0.4, 0.5) is 5.69 Å². The Bertz CT molecular complexity index is 368. The molecule has 1 atom stereocenters. The Labute approximate surface area is 109 Å². The third-order valence-corrected chi connectivity index (χ3v) is 3.75. The van der Waals surface area contributed by atoms with Crippen LogP contribution >= 0.6 is 11.6 Å². The topological polar surface area (TPSA) is 29.3 Å². The molecular formula is C14H21ClN2. The standard InChI is InChI=1S/C14H21ClN2/c1-11(16)12-6-7-14(13(15)10-12)17-8-4-2-3-5-9-17/h6-7,10-11H,2-5,8-9,16H2,1H3/t11-/m1/s1. The minimum absolute atomic E-state index is 0.0469. The maximum Gasteiger partial charge on any atom is 0.0642 e. The lowest BCUT2D eigenvalue weighted by Crippen LogP contribution is -2.24. The molecule has 3 heteroatoms. The minimum atomic E-state index is 0.0469. The quantitative estimate of drug-likeness (QED) is 0.869. The molecule has 1 aliphatic rings. The van der Waals surface area contributed by atoms with Crippen LogP contribution in [0, 0.1) is 0 Å². The molecule has 1 aliphatic heterocycles. The first-order valence-electron chi connectivity index (χ1n) is 6.48. The zero-order valence-corrected chi connectivity index (χ0v) is 11.2. The molecule has 0 bridgehead atoms. The molecule has 1 aromatic carbocycles. The highest BCUT2D eigenvalue weighted by atomic mass is 35.5. The second-order valence-electron chi connectivity index (χ2n) is 4.90. The van der Waals surface area contributed by atoms with Gasteiger partial charge in [0.2, 0.25) is 0 Å². The van der Waals surface area contributed by atoms with E-state index >= 15 is 0 Å². The summed E-state index contributed by atoms with van der Waals surface area (Å²) < 4.78 is 0. The van der Waals surface area contributed by atoms with Gasteiger partial charge < -0.3 is 10.6 Å². The number of hydrogen-bond acceptors (Lipinski definition) is 2. The van der Waals surface area contributed by atoms with Gasteiger partial charge >= 0.3 is 0 Å². The van der Waals surface area contributed by atoms with E-state index in [0.29, 0.717) is 0 Å². The van der Waals surface area contributed by atoms with Crippen LogP contribution in [0.5, 0.6) is 0 Å². The van der Waals surface area contributed by atoms with Crippen molar-refractivity contribution >= 4 is 17.3 Å². The predicted molar refractivity (Wildman–Crippen MR) is 74.7 cm³/mol. The summed E-state index contributed by atoms with van der Waals surface area (Å²) in [5.41, 5.74) is 8.13. The van der Waals surface area contributed by atoms with Crippen molar-refractivity contribution in [1.82, 2.24) is 0 Å². The Kier molecular flexibility index (Phi) is 4.30. The number of anilines is 1. The summed E-state index contributed by atoms with van der Waals surface area (Å²) >= 11 is 6.36. The first kappa shape index (κ1) is 12.7. The van der Waals surface area contributed by atoms with Gasteiger partial charge in [-0.25, -0.2) is 0 Å². The summed E-state index contributed by atoms with van der Waals surface area (Å²) in [6.45, 7) is 4.23. The summed E-state index contributed by atoms with van der Waals surface area (Å²) in [4.78, 5) is 2.40. The summed E-state index contributed by atoms with van der Waals surface area (Å²) in [6, 6.07) is 6.26. The van der Waals surface area contributed by atoms with E-state index < -0.39 is 0 Å². The molecule has 0 amide bonds. The van der Waals surface area contributed by atoms with Gasteiger partial charge in [0.25, 0.3) is 0 Å². The Balaban J connectivity index is 2.19. The van der Waals surface area contributed by atoms with Gasteiger partial charge in [-0.05, 0) is 37.5 Å². The highest BCUT2D eigenvalue weighted by Crippen LogP contribution is 2.30. The van der Waals surface area contributed by atoms with Gasteiger partial charge in [0.05, 0.1) is 10.7 Å². The van der Waals surface area contributed by atoms with Crippen LogP contribution in [0.25, 0.3) is 0 Å². The van der Waals surface area contributed by atoms with E-state index in [1.165, 1.54) is 25.7 Å². The van der Waals surface area contributed by atoms with E-state index in [-0.39, 0.29) is 6.04 Å². The highest BCUT2D eigenvalue weighted by molar-refractivity contribution is 6.33. The number of rotatable bonds is 2. The maximum absolute atomic E-state index is 6.36.